The number of aryl methyl sites for hydroxylation is 1. The lowest BCUT2D eigenvalue weighted by molar-refractivity contribution is 0.626. The normalized spacial score (nSPS) is 11.2. The predicted molar refractivity (Wildman–Crippen MR) is 80.4 cm³/mol. The Balaban J connectivity index is 2.46. The summed E-state index contributed by atoms with van der Waals surface area (Å²) in [6.45, 7) is 3.91. The Hall–Kier alpha value is -1.95. The van der Waals surface area contributed by atoms with E-state index in [2.05, 4.69) is 25.9 Å². The molecule has 0 aliphatic heterocycles. The second-order valence-electron chi connectivity index (χ2n) is 4.60. The molecule has 6 heteroatoms. The Labute approximate surface area is 123 Å². The summed E-state index contributed by atoms with van der Waals surface area (Å²) in [6.07, 6.45) is 1.42. The lowest BCUT2D eigenvalue weighted by Crippen LogP contribution is -2.00. The molecule has 0 saturated carbocycles. The summed E-state index contributed by atoms with van der Waals surface area (Å²) in [5, 5.41) is 0.807. The van der Waals surface area contributed by atoms with Gasteiger partial charge >= 0.3 is 0 Å². The fourth-order valence-corrected chi connectivity index (χ4v) is 2.80. The average Bonchev–Trinajstić information content (AvgIpc) is 2.66. The minimum absolute atomic E-state index is 0.302. The van der Waals surface area contributed by atoms with Crippen LogP contribution in [0.3, 0.4) is 0 Å². The molecule has 0 atom stereocenters. The molecule has 3 aromatic rings. The highest BCUT2D eigenvalue weighted by Crippen LogP contribution is 2.32. The SMILES string of the molecule is Cc1c(C)n(-c2cc(F)ccc2Br)c2ncnc(N)c12. The van der Waals surface area contributed by atoms with E-state index < -0.39 is 0 Å². The molecule has 0 bridgehead atoms. The highest BCUT2D eigenvalue weighted by atomic mass is 79.9. The van der Waals surface area contributed by atoms with Crippen LogP contribution < -0.4 is 5.73 Å². The molecule has 4 nitrogen and oxygen atoms in total. The summed E-state index contributed by atoms with van der Waals surface area (Å²) in [5.41, 5.74) is 9.26. The molecule has 0 fully saturated rings. The monoisotopic (exact) mass is 334 g/mol. The van der Waals surface area contributed by atoms with E-state index in [1.165, 1.54) is 18.5 Å². The largest absolute Gasteiger partial charge is 0.383 e. The van der Waals surface area contributed by atoms with Crippen LogP contribution in [0.1, 0.15) is 11.3 Å². The summed E-state index contributed by atoms with van der Waals surface area (Å²) < 4.78 is 16.2. The van der Waals surface area contributed by atoms with E-state index in [0.717, 1.165) is 21.1 Å². The van der Waals surface area contributed by atoms with Crippen LogP contribution in [0.2, 0.25) is 0 Å². The summed E-state index contributed by atoms with van der Waals surface area (Å²) >= 11 is 3.45. The van der Waals surface area contributed by atoms with Gasteiger partial charge in [0.2, 0.25) is 0 Å². The number of nitrogens with zero attached hydrogens (tertiary/aromatic N) is 3. The molecular weight excluding hydrogens is 323 g/mol. The number of nitrogens with two attached hydrogens (primary N) is 1. The predicted octanol–water partition coefficient (Wildman–Crippen LogP) is 3.52. The highest BCUT2D eigenvalue weighted by Gasteiger charge is 2.18. The third-order valence-electron chi connectivity index (χ3n) is 3.47. The van der Waals surface area contributed by atoms with E-state index in [1.54, 1.807) is 6.07 Å². The van der Waals surface area contributed by atoms with Crippen molar-refractivity contribution in [3.63, 3.8) is 0 Å². The zero-order chi connectivity index (χ0) is 14.4. The number of hydrogen-bond acceptors (Lipinski definition) is 3. The first-order chi connectivity index (χ1) is 9.50. The summed E-state index contributed by atoms with van der Waals surface area (Å²) in [7, 11) is 0. The Kier molecular flexibility index (Phi) is 2.97. The van der Waals surface area contributed by atoms with Crippen molar-refractivity contribution in [2.45, 2.75) is 13.8 Å². The van der Waals surface area contributed by atoms with E-state index in [0.29, 0.717) is 17.2 Å². The first kappa shape index (κ1) is 13.1. The van der Waals surface area contributed by atoms with E-state index in [4.69, 9.17) is 5.73 Å². The topological polar surface area (TPSA) is 56.7 Å². The zero-order valence-corrected chi connectivity index (χ0v) is 12.6. The molecule has 2 heterocycles. The Bertz CT molecular complexity index is 826. The number of anilines is 1. The molecule has 0 aliphatic carbocycles. The van der Waals surface area contributed by atoms with Gasteiger partial charge in [0.1, 0.15) is 18.0 Å². The van der Waals surface area contributed by atoms with E-state index >= 15 is 0 Å². The Morgan fingerprint density at radius 2 is 2.00 bits per heavy atom. The molecule has 0 spiro atoms. The lowest BCUT2D eigenvalue weighted by Gasteiger charge is -2.10. The van der Waals surface area contributed by atoms with E-state index in [9.17, 15) is 4.39 Å². The van der Waals surface area contributed by atoms with E-state index in [-0.39, 0.29) is 5.82 Å². The van der Waals surface area contributed by atoms with Crippen LogP contribution in [0, 0.1) is 19.7 Å². The maximum atomic E-state index is 13.6. The van der Waals surface area contributed by atoms with Gasteiger partial charge in [0.05, 0.1) is 11.1 Å². The first-order valence-electron chi connectivity index (χ1n) is 6.04. The lowest BCUT2D eigenvalue weighted by atomic mass is 10.2. The van der Waals surface area contributed by atoms with Gasteiger partial charge in [-0.1, -0.05) is 0 Å². The molecule has 0 saturated heterocycles. The molecule has 3 rings (SSSR count). The molecule has 1 aromatic carbocycles. The van der Waals surface area contributed by atoms with Crippen LogP contribution in [0.4, 0.5) is 10.2 Å². The van der Waals surface area contributed by atoms with Gasteiger partial charge < -0.3 is 5.73 Å². The van der Waals surface area contributed by atoms with Crippen LogP contribution >= 0.6 is 15.9 Å². The van der Waals surface area contributed by atoms with Crippen molar-refractivity contribution in [1.82, 2.24) is 14.5 Å². The van der Waals surface area contributed by atoms with Crippen LogP contribution in [0.5, 0.6) is 0 Å². The number of aromatic nitrogens is 3. The van der Waals surface area contributed by atoms with E-state index in [1.807, 2.05) is 18.4 Å². The average molecular weight is 335 g/mol. The van der Waals surface area contributed by atoms with Crippen molar-refractivity contribution in [3.05, 3.63) is 46.1 Å². The smallest absolute Gasteiger partial charge is 0.150 e. The van der Waals surface area contributed by atoms with Gasteiger partial charge in [-0.2, -0.15) is 0 Å². The summed E-state index contributed by atoms with van der Waals surface area (Å²) in [4.78, 5) is 8.32. The second-order valence-corrected chi connectivity index (χ2v) is 5.45. The number of nitrogen functional groups attached to an aromatic ring is 1. The maximum Gasteiger partial charge on any atom is 0.150 e. The Morgan fingerprint density at radius 3 is 2.75 bits per heavy atom. The van der Waals surface area contributed by atoms with Gasteiger partial charge in [-0.3, -0.25) is 4.57 Å². The van der Waals surface area contributed by atoms with Gasteiger partial charge in [0, 0.05) is 10.2 Å². The number of benzene rings is 1. The van der Waals surface area contributed by atoms with Crippen LogP contribution in [-0.4, -0.2) is 14.5 Å². The summed E-state index contributed by atoms with van der Waals surface area (Å²) in [5.74, 6) is 0.131. The van der Waals surface area contributed by atoms with Crippen molar-refractivity contribution >= 4 is 32.8 Å². The minimum atomic E-state index is -0.302. The third-order valence-corrected chi connectivity index (χ3v) is 4.14. The molecule has 2 N–H and O–H groups in total. The summed E-state index contributed by atoms with van der Waals surface area (Å²) in [6, 6.07) is 4.55. The number of hydrogen-bond donors (Lipinski definition) is 1. The van der Waals surface area contributed by atoms with Gasteiger partial charge in [-0.05, 0) is 53.5 Å². The first-order valence-corrected chi connectivity index (χ1v) is 6.83. The van der Waals surface area contributed by atoms with Gasteiger partial charge in [0.25, 0.3) is 0 Å². The number of halogens is 2. The third kappa shape index (κ3) is 1.79. The van der Waals surface area contributed by atoms with Gasteiger partial charge in [-0.15, -0.1) is 0 Å². The maximum absolute atomic E-state index is 13.6. The quantitative estimate of drug-likeness (QED) is 0.740. The Morgan fingerprint density at radius 1 is 1.25 bits per heavy atom. The van der Waals surface area contributed by atoms with Crippen molar-refractivity contribution in [1.29, 1.82) is 0 Å². The number of fused-ring (bicyclic) bond motifs is 1. The molecule has 0 amide bonds. The fourth-order valence-electron chi connectivity index (χ4n) is 2.38. The van der Waals surface area contributed by atoms with Crippen molar-refractivity contribution in [3.8, 4) is 5.69 Å². The molecule has 0 radical (unpaired) electrons. The molecule has 102 valence electrons. The van der Waals surface area contributed by atoms with Gasteiger partial charge in [0.15, 0.2) is 5.65 Å². The second kappa shape index (κ2) is 4.56. The molecule has 0 unspecified atom stereocenters. The molecule has 2 aromatic heterocycles. The molecular formula is C14H12BrFN4. The fraction of sp³-hybridized carbons (Fsp3) is 0.143. The molecule has 20 heavy (non-hydrogen) atoms. The minimum Gasteiger partial charge on any atom is -0.383 e. The zero-order valence-electron chi connectivity index (χ0n) is 11.0. The van der Waals surface area contributed by atoms with Crippen LogP contribution in [-0.2, 0) is 0 Å². The van der Waals surface area contributed by atoms with Crippen molar-refractivity contribution in [2.24, 2.45) is 0 Å². The van der Waals surface area contributed by atoms with Crippen LogP contribution in [0.15, 0.2) is 29.0 Å². The van der Waals surface area contributed by atoms with Crippen molar-refractivity contribution < 1.29 is 4.39 Å². The van der Waals surface area contributed by atoms with Gasteiger partial charge in [-0.25, -0.2) is 14.4 Å². The highest BCUT2D eigenvalue weighted by molar-refractivity contribution is 9.10. The van der Waals surface area contributed by atoms with Crippen LogP contribution in [0.25, 0.3) is 16.7 Å². The number of rotatable bonds is 1. The van der Waals surface area contributed by atoms with Crippen molar-refractivity contribution in [2.75, 3.05) is 5.73 Å². The standard InChI is InChI=1S/C14H12BrFN4/c1-7-8(2)20(11-5-9(16)3-4-10(11)15)14-12(7)13(17)18-6-19-14/h3-6H,1-2H3,(H2,17,18,19). The molecule has 0 aliphatic rings.